The summed E-state index contributed by atoms with van der Waals surface area (Å²) in [5, 5.41) is 9.42. The van der Waals surface area contributed by atoms with Crippen molar-refractivity contribution in [3.05, 3.63) is 0 Å². The van der Waals surface area contributed by atoms with Crippen LogP contribution in [-0.4, -0.2) is 48.5 Å². The number of aliphatic hydroxyl groups is 1. The van der Waals surface area contributed by atoms with Gasteiger partial charge in [-0.15, -0.1) is 0 Å². The van der Waals surface area contributed by atoms with Crippen molar-refractivity contribution in [2.24, 2.45) is 0 Å². The van der Waals surface area contributed by atoms with Crippen LogP contribution < -0.4 is 0 Å². The molecule has 1 heterocycles. The third kappa shape index (κ3) is 2.27. The van der Waals surface area contributed by atoms with E-state index in [9.17, 15) is 5.11 Å². The molecule has 82 valence electrons. The number of ether oxygens (including phenoxy) is 1. The molecule has 1 unspecified atom stereocenters. The van der Waals surface area contributed by atoms with Crippen LogP contribution in [0.15, 0.2) is 0 Å². The summed E-state index contributed by atoms with van der Waals surface area (Å²) in [5.41, 5.74) is 0. The lowest BCUT2D eigenvalue weighted by molar-refractivity contribution is 0.0674. The molecule has 1 atom stereocenters. The molecule has 2 aliphatic rings. The first kappa shape index (κ1) is 10.4. The zero-order valence-electron chi connectivity index (χ0n) is 8.98. The molecule has 0 bridgehead atoms. The molecule has 1 saturated carbocycles. The summed E-state index contributed by atoms with van der Waals surface area (Å²) in [6.45, 7) is 2.27. The lowest BCUT2D eigenvalue weighted by Crippen LogP contribution is -2.38. The van der Waals surface area contributed by atoms with E-state index in [0.717, 1.165) is 32.2 Å². The van der Waals surface area contributed by atoms with Gasteiger partial charge in [-0.1, -0.05) is 0 Å². The Kier molecular flexibility index (Phi) is 3.42. The quantitative estimate of drug-likeness (QED) is 0.720. The van der Waals surface area contributed by atoms with Gasteiger partial charge in [0.15, 0.2) is 0 Å². The molecule has 2 rings (SSSR count). The summed E-state index contributed by atoms with van der Waals surface area (Å²) in [7, 11) is 1.80. The summed E-state index contributed by atoms with van der Waals surface area (Å²) < 4.78 is 5.36. The first-order valence-electron chi connectivity index (χ1n) is 5.74. The maximum Gasteiger partial charge on any atom is 0.0710 e. The molecule has 0 spiro atoms. The summed E-state index contributed by atoms with van der Waals surface area (Å²) in [5.74, 6) is 0. The summed E-state index contributed by atoms with van der Waals surface area (Å²) in [6, 6.07) is 0.707. The number of nitrogens with zero attached hydrogens (tertiary/aromatic N) is 1. The van der Waals surface area contributed by atoms with Gasteiger partial charge in [0.25, 0.3) is 0 Å². The highest BCUT2D eigenvalue weighted by atomic mass is 16.5. The first-order valence-corrected chi connectivity index (χ1v) is 5.74. The van der Waals surface area contributed by atoms with Crippen LogP contribution >= 0.6 is 0 Å². The van der Waals surface area contributed by atoms with Crippen LogP contribution in [0.3, 0.4) is 0 Å². The Hall–Kier alpha value is -0.120. The lowest BCUT2D eigenvalue weighted by atomic mass is 9.92. The Balaban J connectivity index is 1.79. The second-order valence-corrected chi connectivity index (χ2v) is 4.60. The minimum Gasteiger partial charge on any atom is -0.393 e. The molecule has 0 radical (unpaired) electrons. The smallest absolute Gasteiger partial charge is 0.0710 e. The van der Waals surface area contributed by atoms with E-state index >= 15 is 0 Å². The van der Waals surface area contributed by atoms with E-state index in [4.69, 9.17) is 4.74 Å². The standard InChI is InChI=1S/C11H21NO2/c1-14-11-6-7-12(8-11)9-2-4-10(13)5-3-9/h9-11,13H,2-8H2,1H3. The van der Waals surface area contributed by atoms with Gasteiger partial charge in [0.05, 0.1) is 12.2 Å². The average molecular weight is 199 g/mol. The fraction of sp³-hybridized carbons (Fsp3) is 1.00. The second-order valence-electron chi connectivity index (χ2n) is 4.60. The highest BCUT2D eigenvalue weighted by molar-refractivity contribution is 4.85. The summed E-state index contributed by atoms with van der Waals surface area (Å²) in [4.78, 5) is 2.54. The average Bonchev–Trinajstić information content (AvgIpc) is 2.67. The Morgan fingerprint density at radius 2 is 1.86 bits per heavy atom. The first-order chi connectivity index (χ1) is 6.79. The number of rotatable bonds is 2. The number of aliphatic hydroxyl groups excluding tert-OH is 1. The van der Waals surface area contributed by atoms with E-state index in [1.165, 1.54) is 13.0 Å². The Morgan fingerprint density at radius 1 is 1.14 bits per heavy atom. The van der Waals surface area contributed by atoms with Gasteiger partial charge in [0.1, 0.15) is 0 Å². The van der Waals surface area contributed by atoms with E-state index in [0.29, 0.717) is 12.1 Å². The largest absolute Gasteiger partial charge is 0.393 e. The summed E-state index contributed by atoms with van der Waals surface area (Å²) in [6.07, 6.45) is 5.89. The molecule has 3 nitrogen and oxygen atoms in total. The van der Waals surface area contributed by atoms with Gasteiger partial charge >= 0.3 is 0 Å². The Morgan fingerprint density at radius 3 is 2.43 bits per heavy atom. The van der Waals surface area contributed by atoms with Crippen molar-refractivity contribution >= 4 is 0 Å². The lowest BCUT2D eigenvalue weighted by Gasteiger charge is -2.32. The Bertz CT molecular complexity index is 178. The number of methoxy groups -OCH3 is 1. The number of hydrogen-bond acceptors (Lipinski definition) is 3. The van der Waals surface area contributed by atoms with Crippen molar-refractivity contribution in [3.63, 3.8) is 0 Å². The van der Waals surface area contributed by atoms with Crippen molar-refractivity contribution in [3.8, 4) is 0 Å². The maximum absolute atomic E-state index is 9.42. The van der Waals surface area contributed by atoms with E-state index in [1.807, 2.05) is 0 Å². The van der Waals surface area contributed by atoms with Gasteiger partial charge in [-0.3, -0.25) is 4.90 Å². The Labute approximate surface area is 86.0 Å². The van der Waals surface area contributed by atoms with Crippen molar-refractivity contribution in [1.82, 2.24) is 4.90 Å². The molecule has 0 aromatic carbocycles. The van der Waals surface area contributed by atoms with Gasteiger partial charge in [-0.2, -0.15) is 0 Å². The normalized spacial score (nSPS) is 40.3. The van der Waals surface area contributed by atoms with Crippen LogP contribution in [0, 0.1) is 0 Å². The molecule has 2 fully saturated rings. The van der Waals surface area contributed by atoms with E-state index in [2.05, 4.69) is 4.90 Å². The topological polar surface area (TPSA) is 32.7 Å². The molecule has 1 aliphatic carbocycles. The number of hydrogen-bond donors (Lipinski definition) is 1. The zero-order valence-corrected chi connectivity index (χ0v) is 8.98. The predicted octanol–water partition coefficient (Wildman–Crippen LogP) is 1.01. The summed E-state index contributed by atoms with van der Waals surface area (Å²) >= 11 is 0. The molecular weight excluding hydrogens is 178 g/mol. The second kappa shape index (κ2) is 4.60. The third-order valence-corrected chi connectivity index (χ3v) is 3.69. The van der Waals surface area contributed by atoms with Crippen molar-refractivity contribution in [2.45, 2.75) is 50.4 Å². The van der Waals surface area contributed by atoms with Crippen molar-refractivity contribution < 1.29 is 9.84 Å². The van der Waals surface area contributed by atoms with Crippen LogP contribution in [-0.2, 0) is 4.74 Å². The fourth-order valence-electron chi connectivity index (χ4n) is 2.70. The van der Waals surface area contributed by atoms with Crippen LogP contribution in [0.25, 0.3) is 0 Å². The predicted molar refractivity (Wildman–Crippen MR) is 55.2 cm³/mol. The van der Waals surface area contributed by atoms with E-state index < -0.39 is 0 Å². The molecule has 0 amide bonds. The molecular formula is C11H21NO2. The highest BCUT2D eigenvalue weighted by Gasteiger charge is 2.30. The van der Waals surface area contributed by atoms with Gasteiger partial charge in [-0.05, 0) is 32.1 Å². The fourth-order valence-corrected chi connectivity index (χ4v) is 2.70. The van der Waals surface area contributed by atoms with Crippen LogP contribution in [0.4, 0.5) is 0 Å². The van der Waals surface area contributed by atoms with Crippen LogP contribution in [0.1, 0.15) is 32.1 Å². The highest BCUT2D eigenvalue weighted by Crippen LogP contribution is 2.26. The van der Waals surface area contributed by atoms with Gasteiger partial charge in [0.2, 0.25) is 0 Å². The SMILES string of the molecule is COC1CCN(C2CCC(O)CC2)C1. The molecule has 14 heavy (non-hydrogen) atoms. The van der Waals surface area contributed by atoms with Gasteiger partial charge in [0, 0.05) is 26.2 Å². The monoisotopic (exact) mass is 199 g/mol. The van der Waals surface area contributed by atoms with Crippen LogP contribution in [0.5, 0.6) is 0 Å². The maximum atomic E-state index is 9.42. The van der Waals surface area contributed by atoms with Crippen LogP contribution in [0.2, 0.25) is 0 Å². The molecule has 1 aliphatic heterocycles. The van der Waals surface area contributed by atoms with Gasteiger partial charge < -0.3 is 9.84 Å². The minimum atomic E-state index is -0.0351. The zero-order chi connectivity index (χ0) is 9.97. The third-order valence-electron chi connectivity index (χ3n) is 3.69. The van der Waals surface area contributed by atoms with Gasteiger partial charge in [-0.25, -0.2) is 0 Å². The molecule has 1 saturated heterocycles. The minimum absolute atomic E-state index is 0.0351. The molecule has 0 aromatic rings. The molecule has 3 heteroatoms. The molecule has 1 N–H and O–H groups in total. The molecule has 0 aromatic heterocycles. The van der Waals surface area contributed by atoms with Crippen molar-refractivity contribution in [1.29, 1.82) is 0 Å². The number of likely N-dealkylation sites (tertiary alicyclic amines) is 1. The van der Waals surface area contributed by atoms with E-state index in [1.54, 1.807) is 7.11 Å². The van der Waals surface area contributed by atoms with E-state index in [-0.39, 0.29) is 6.10 Å². The van der Waals surface area contributed by atoms with Crippen molar-refractivity contribution in [2.75, 3.05) is 20.2 Å².